The molecule has 0 aliphatic rings. The Balaban J connectivity index is 1.41. The molecule has 0 fully saturated rings. The van der Waals surface area contributed by atoms with Crippen LogP contribution in [0.2, 0.25) is 0 Å². The topological polar surface area (TPSA) is 92.1 Å². The Morgan fingerprint density at radius 3 is 2.67 bits per heavy atom. The molecule has 0 aliphatic heterocycles. The molecule has 1 aromatic carbocycles. The molecule has 0 saturated heterocycles. The lowest BCUT2D eigenvalue weighted by atomic mass is 10.1. The van der Waals surface area contributed by atoms with Crippen molar-refractivity contribution in [2.75, 3.05) is 32.0 Å². The lowest BCUT2D eigenvalue weighted by Crippen LogP contribution is -2.40. The molecule has 0 aliphatic carbocycles. The summed E-state index contributed by atoms with van der Waals surface area (Å²) in [7, 11) is 3.58. The Bertz CT molecular complexity index is 903. The maximum absolute atomic E-state index is 12.9. The molecule has 2 heterocycles. The van der Waals surface area contributed by atoms with Gasteiger partial charge in [-0.05, 0) is 24.1 Å². The molecule has 0 unspecified atom stereocenters. The van der Waals surface area contributed by atoms with Crippen molar-refractivity contribution in [1.82, 2.24) is 30.4 Å². The quantitative estimate of drug-likeness (QED) is 0.330. The molecule has 0 amide bonds. The maximum Gasteiger partial charge on any atom is 0.191 e. The van der Waals surface area contributed by atoms with Gasteiger partial charge < -0.3 is 16.0 Å². The van der Waals surface area contributed by atoms with Gasteiger partial charge in [0.2, 0.25) is 0 Å². The molecule has 0 bridgehead atoms. The number of aromatic nitrogens is 4. The van der Waals surface area contributed by atoms with Crippen LogP contribution in [0.15, 0.2) is 41.8 Å². The van der Waals surface area contributed by atoms with Gasteiger partial charge in [0, 0.05) is 33.7 Å². The van der Waals surface area contributed by atoms with E-state index in [4.69, 9.17) is 0 Å². The molecule has 142 valence electrons. The first-order chi connectivity index (χ1) is 13.2. The fourth-order valence-electron chi connectivity index (χ4n) is 2.66. The summed E-state index contributed by atoms with van der Waals surface area (Å²) in [6.07, 6.45) is 4.07. The van der Waals surface area contributed by atoms with E-state index in [0.29, 0.717) is 25.6 Å². The van der Waals surface area contributed by atoms with Crippen molar-refractivity contribution in [3.05, 3.63) is 48.2 Å². The van der Waals surface area contributed by atoms with Crippen LogP contribution in [-0.2, 0) is 13.5 Å². The number of aliphatic imine (C=N–C) groups is 1. The number of nitrogens with one attached hydrogen (secondary N) is 3. The van der Waals surface area contributed by atoms with E-state index < -0.39 is 0 Å². The first-order valence-corrected chi connectivity index (χ1v) is 8.73. The number of guanidine groups is 1. The van der Waals surface area contributed by atoms with Gasteiger partial charge in [-0.15, -0.1) is 0 Å². The van der Waals surface area contributed by atoms with Gasteiger partial charge in [-0.3, -0.25) is 9.67 Å². The first kappa shape index (κ1) is 18.6. The normalized spacial score (nSPS) is 11.6. The molecule has 0 spiro atoms. The molecule has 3 N–H and O–H groups in total. The average molecular weight is 370 g/mol. The fourth-order valence-corrected chi connectivity index (χ4v) is 2.66. The van der Waals surface area contributed by atoms with Crippen LogP contribution >= 0.6 is 0 Å². The number of halogens is 1. The number of hydrogen-bond donors (Lipinski definition) is 3. The molecule has 0 saturated carbocycles. The summed E-state index contributed by atoms with van der Waals surface area (Å²) in [5.41, 5.74) is 1.86. The number of aryl methyl sites for hydroxylation is 1. The van der Waals surface area contributed by atoms with Gasteiger partial charge in [0.05, 0.1) is 11.6 Å². The first-order valence-electron chi connectivity index (χ1n) is 8.73. The minimum Gasteiger partial charge on any atom is -0.368 e. The van der Waals surface area contributed by atoms with Gasteiger partial charge in [0.25, 0.3) is 0 Å². The standard InChI is InChI=1S/C18H23FN8/c1-20-18(22-8-7-13-3-5-14(19)6-4-13)23-10-9-21-16-15-11-26-27(2)17(15)25-12-24-16/h3-6,11-12H,7-10H2,1-2H3,(H2,20,22,23)(H,21,24,25). The summed E-state index contributed by atoms with van der Waals surface area (Å²) in [6, 6.07) is 6.52. The molecule has 3 aromatic rings. The Labute approximate surface area is 156 Å². The van der Waals surface area contributed by atoms with Crippen LogP contribution in [-0.4, -0.2) is 52.4 Å². The third-order valence-corrected chi connectivity index (χ3v) is 4.08. The molecule has 8 nitrogen and oxygen atoms in total. The van der Waals surface area contributed by atoms with E-state index in [2.05, 4.69) is 36.0 Å². The van der Waals surface area contributed by atoms with E-state index >= 15 is 0 Å². The van der Waals surface area contributed by atoms with Gasteiger partial charge in [-0.25, -0.2) is 14.4 Å². The summed E-state index contributed by atoms with van der Waals surface area (Å²) in [4.78, 5) is 12.7. The second-order valence-corrected chi connectivity index (χ2v) is 5.96. The van der Waals surface area contributed by atoms with Crippen molar-refractivity contribution >= 4 is 22.8 Å². The predicted octanol–water partition coefficient (Wildman–Crippen LogP) is 1.32. The second kappa shape index (κ2) is 8.93. The van der Waals surface area contributed by atoms with Crippen LogP contribution in [0, 0.1) is 5.82 Å². The number of anilines is 1. The molecule has 0 radical (unpaired) electrons. The zero-order chi connectivity index (χ0) is 19.1. The highest BCUT2D eigenvalue weighted by atomic mass is 19.1. The third-order valence-electron chi connectivity index (χ3n) is 4.08. The summed E-state index contributed by atoms with van der Waals surface area (Å²) < 4.78 is 14.6. The third kappa shape index (κ3) is 4.90. The van der Waals surface area contributed by atoms with E-state index in [-0.39, 0.29) is 5.82 Å². The Kier molecular flexibility index (Phi) is 6.14. The lowest BCUT2D eigenvalue weighted by molar-refractivity contribution is 0.626. The zero-order valence-electron chi connectivity index (χ0n) is 15.4. The van der Waals surface area contributed by atoms with Crippen LogP contribution in [0.5, 0.6) is 0 Å². The number of benzene rings is 1. The summed E-state index contributed by atoms with van der Waals surface area (Å²) in [6.45, 7) is 2.04. The molecule has 3 rings (SSSR count). The molecule has 9 heteroatoms. The predicted molar refractivity (Wildman–Crippen MR) is 104 cm³/mol. The Hall–Kier alpha value is -3.23. The Morgan fingerprint density at radius 2 is 1.89 bits per heavy atom. The summed E-state index contributed by atoms with van der Waals surface area (Å²) in [5.74, 6) is 1.26. The van der Waals surface area contributed by atoms with Gasteiger partial charge in [-0.2, -0.15) is 5.10 Å². The fraction of sp³-hybridized carbons (Fsp3) is 0.333. The molecular formula is C18H23FN8. The van der Waals surface area contributed by atoms with Gasteiger partial charge in [0.1, 0.15) is 18.0 Å². The molecule has 2 aromatic heterocycles. The van der Waals surface area contributed by atoms with Gasteiger partial charge >= 0.3 is 0 Å². The van der Waals surface area contributed by atoms with E-state index in [1.165, 1.54) is 18.5 Å². The second-order valence-electron chi connectivity index (χ2n) is 5.96. The van der Waals surface area contributed by atoms with E-state index in [0.717, 1.165) is 28.8 Å². The highest BCUT2D eigenvalue weighted by molar-refractivity contribution is 5.86. The van der Waals surface area contributed by atoms with Crippen molar-refractivity contribution < 1.29 is 4.39 Å². The highest BCUT2D eigenvalue weighted by Gasteiger charge is 2.07. The maximum atomic E-state index is 12.9. The summed E-state index contributed by atoms with van der Waals surface area (Å²) in [5, 5.41) is 14.9. The smallest absolute Gasteiger partial charge is 0.191 e. The SMILES string of the molecule is CN=C(NCCNc1ncnc2c1cnn2C)NCCc1ccc(F)cc1. The monoisotopic (exact) mass is 370 g/mol. The largest absolute Gasteiger partial charge is 0.368 e. The number of hydrogen-bond acceptors (Lipinski definition) is 5. The van der Waals surface area contributed by atoms with Crippen molar-refractivity contribution in [2.24, 2.45) is 12.0 Å². The average Bonchev–Trinajstić information content (AvgIpc) is 3.07. The molecular weight excluding hydrogens is 347 g/mol. The lowest BCUT2D eigenvalue weighted by Gasteiger charge is -2.12. The number of rotatable bonds is 7. The van der Waals surface area contributed by atoms with Gasteiger partial charge in [0.15, 0.2) is 11.6 Å². The van der Waals surface area contributed by atoms with E-state index in [1.54, 1.807) is 30.1 Å². The Morgan fingerprint density at radius 1 is 1.11 bits per heavy atom. The number of fused-ring (bicyclic) bond motifs is 1. The van der Waals surface area contributed by atoms with Crippen LogP contribution in [0.4, 0.5) is 10.2 Å². The highest BCUT2D eigenvalue weighted by Crippen LogP contribution is 2.16. The van der Waals surface area contributed by atoms with Crippen LogP contribution < -0.4 is 16.0 Å². The van der Waals surface area contributed by atoms with Crippen molar-refractivity contribution in [1.29, 1.82) is 0 Å². The van der Waals surface area contributed by atoms with Crippen molar-refractivity contribution in [3.8, 4) is 0 Å². The van der Waals surface area contributed by atoms with E-state index in [9.17, 15) is 4.39 Å². The van der Waals surface area contributed by atoms with Crippen LogP contribution in [0.3, 0.4) is 0 Å². The molecule has 27 heavy (non-hydrogen) atoms. The van der Waals surface area contributed by atoms with Crippen LogP contribution in [0.25, 0.3) is 11.0 Å². The summed E-state index contributed by atoms with van der Waals surface area (Å²) >= 11 is 0. The zero-order valence-corrected chi connectivity index (χ0v) is 15.4. The van der Waals surface area contributed by atoms with Crippen LogP contribution in [0.1, 0.15) is 5.56 Å². The molecule has 0 atom stereocenters. The van der Waals surface area contributed by atoms with E-state index in [1.807, 2.05) is 7.05 Å². The number of nitrogens with zero attached hydrogens (tertiary/aromatic N) is 5. The van der Waals surface area contributed by atoms with Crippen molar-refractivity contribution in [3.63, 3.8) is 0 Å². The van der Waals surface area contributed by atoms with Gasteiger partial charge in [-0.1, -0.05) is 12.1 Å². The minimum atomic E-state index is -0.219. The van der Waals surface area contributed by atoms with Crippen molar-refractivity contribution in [2.45, 2.75) is 6.42 Å². The minimum absolute atomic E-state index is 0.219.